The third kappa shape index (κ3) is 7.44. The molecule has 2 aromatic carbocycles. The van der Waals surface area contributed by atoms with Crippen LogP contribution in [0, 0.1) is 0 Å². The first-order valence-electron chi connectivity index (χ1n) is 11.5. The van der Waals surface area contributed by atoms with Gasteiger partial charge >= 0.3 is 187 Å². The van der Waals surface area contributed by atoms with Gasteiger partial charge in [0.05, 0.1) is 0 Å². The topological polar surface area (TPSA) is 55.4 Å². The van der Waals surface area contributed by atoms with Crippen LogP contribution in [0.5, 0.6) is 0 Å². The molecule has 8 heteroatoms. The zero-order valence-corrected chi connectivity index (χ0v) is 26.3. The molecule has 1 amide bonds. The minimum atomic E-state index is -3.27. The van der Waals surface area contributed by atoms with Crippen molar-refractivity contribution in [2.75, 3.05) is 13.3 Å². The van der Waals surface area contributed by atoms with Crippen LogP contribution in [0.3, 0.4) is 0 Å². The van der Waals surface area contributed by atoms with E-state index in [0.29, 0.717) is 5.02 Å². The number of rotatable bonds is 8. The predicted molar refractivity (Wildman–Crippen MR) is 153 cm³/mol. The van der Waals surface area contributed by atoms with Gasteiger partial charge in [0.1, 0.15) is 0 Å². The molecule has 0 aliphatic rings. The Morgan fingerprint density at radius 1 is 1.21 bits per heavy atom. The summed E-state index contributed by atoms with van der Waals surface area (Å²) < 4.78 is 21.6. The predicted octanol–water partition coefficient (Wildman–Crippen LogP) is 7.90. The summed E-state index contributed by atoms with van der Waals surface area (Å²) in [5, 5.41) is 6.39. The van der Waals surface area contributed by atoms with Gasteiger partial charge < -0.3 is 0 Å². The van der Waals surface area contributed by atoms with Crippen molar-refractivity contribution in [2.45, 2.75) is 41.2 Å². The molecule has 0 aliphatic carbocycles. The molecule has 34 heavy (non-hydrogen) atoms. The maximum absolute atomic E-state index is 13.6. The average molecular weight is 627 g/mol. The number of fused-ring (bicyclic) bond motifs is 1. The number of hydrogen-bond acceptors (Lipinski definition) is 4. The fourth-order valence-corrected chi connectivity index (χ4v) is 10.0. The van der Waals surface area contributed by atoms with Crippen LogP contribution in [0.15, 0.2) is 54.0 Å². The quantitative estimate of drug-likeness (QED) is 0.204. The molecule has 184 valence electrons. The van der Waals surface area contributed by atoms with E-state index >= 15 is 0 Å². The molecule has 0 saturated heterocycles. The molecule has 0 radical (unpaired) electrons. The minimum absolute atomic E-state index is 0.279. The van der Waals surface area contributed by atoms with Crippen LogP contribution in [-0.2, 0) is 13.9 Å². The molecule has 3 aromatic rings. The fraction of sp³-hybridized carbons (Fsp3) is 0.346. The van der Waals surface area contributed by atoms with E-state index in [0.717, 1.165) is 21.2 Å². The van der Waals surface area contributed by atoms with Crippen LogP contribution in [0.4, 0.5) is 0 Å². The monoisotopic (exact) mass is 627 g/mol. The van der Waals surface area contributed by atoms with Crippen LogP contribution in [0.25, 0.3) is 16.2 Å². The van der Waals surface area contributed by atoms with Crippen LogP contribution in [0.2, 0.25) is 19.8 Å². The first-order chi connectivity index (χ1) is 16.0. The molecule has 2 unspecified atom stereocenters. The molecule has 0 spiro atoms. The zero-order chi connectivity index (χ0) is 25.5. The van der Waals surface area contributed by atoms with Crippen molar-refractivity contribution in [1.82, 2.24) is 5.32 Å². The molecular weight excluding hydrogens is 591 g/mol. The van der Waals surface area contributed by atoms with Gasteiger partial charge in [0.2, 0.25) is 0 Å². The summed E-state index contributed by atoms with van der Waals surface area (Å²) in [6, 6.07) is 13.9. The molecular formula is C26H35ClNO3PSSn. The number of carbonyl (C=O) groups excluding carboxylic acids is 1. The molecule has 0 bridgehead atoms. The summed E-state index contributed by atoms with van der Waals surface area (Å²) in [6.45, 7) is 7.63. The Morgan fingerprint density at radius 3 is 2.53 bits per heavy atom. The van der Waals surface area contributed by atoms with Gasteiger partial charge in [-0.25, -0.2) is 0 Å². The summed E-state index contributed by atoms with van der Waals surface area (Å²) >= 11 is 5.27. The Morgan fingerprint density at radius 2 is 1.91 bits per heavy atom. The Kier molecular flexibility index (Phi) is 10.9. The molecule has 3 rings (SSSR count). The maximum atomic E-state index is 13.6. The van der Waals surface area contributed by atoms with Crippen molar-refractivity contribution in [3.63, 3.8) is 0 Å². The number of carbonyl (C=O) groups is 1. The van der Waals surface area contributed by atoms with Gasteiger partial charge in [-0.3, -0.25) is 0 Å². The van der Waals surface area contributed by atoms with E-state index in [1.165, 1.54) is 3.58 Å². The van der Waals surface area contributed by atoms with Gasteiger partial charge in [-0.2, -0.15) is 0 Å². The van der Waals surface area contributed by atoms with Crippen LogP contribution in [-0.4, -0.2) is 37.6 Å². The van der Waals surface area contributed by atoms with Crippen molar-refractivity contribution in [1.29, 1.82) is 0 Å². The standard InChI is InChI=1S/C21H20ClNO3PS.C2H6.3CH3.Sn/c1-3-26-27(2,25)20(18-14-28-19-10-5-4-9-17(18)19)21(24)23-12-11-15-7-6-8-16(22)13-15;1-2;;;;/h5-14,20H,3H2,1-2H3,(H,23,24);1-2H3;3*1H3;/b12-11+;;;;;. The molecule has 0 saturated carbocycles. The second-order valence-electron chi connectivity index (χ2n) is 8.78. The van der Waals surface area contributed by atoms with E-state index < -0.39 is 31.4 Å². The molecule has 0 aliphatic heterocycles. The van der Waals surface area contributed by atoms with Gasteiger partial charge in [-0.15, -0.1) is 0 Å². The summed E-state index contributed by atoms with van der Waals surface area (Å²) in [4.78, 5) is 20.4. The van der Waals surface area contributed by atoms with Gasteiger partial charge in [0.25, 0.3) is 0 Å². The summed E-state index contributed by atoms with van der Waals surface area (Å²) in [5.74, 6) is -0.341. The Hall–Kier alpha value is -1.11. The van der Waals surface area contributed by atoms with E-state index in [2.05, 4.69) is 38.3 Å². The van der Waals surface area contributed by atoms with Gasteiger partial charge in [0.15, 0.2) is 0 Å². The average Bonchev–Trinajstić information content (AvgIpc) is 3.17. The van der Waals surface area contributed by atoms with Crippen molar-refractivity contribution in [2.24, 2.45) is 0 Å². The van der Waals surface area contributed by atoms with Crippen molar-refractivity contribution in [3.05, 3.63) is 70.2 Å². The number of halogens is 1. The molecule has 1 N–H and O–H groups in total. The van der Waals surface area contributed by atoms with E-state index in [-0.39, 0.29) is 12.5 Å². The van der Waals surface area contributed by atoms with Crippen molar-refractivity contribution < 1.29 is 13.9 Å². The first kappa shape index (κ1) is 29.1. The van der Waals surface area contributed by atoms with E-state index in [4.69, 9.17) is 16.1 Å². The number of benzene rings is 2. The van der Waals surface area contributed by atoms with Crippen molar-refractivity contribution in [3.8, 4) is 0 Å². The summed E-state index contributed by atoms with van der Waals surface area (Å²) in [7, 11) is -3.27. The number of amides is 1. The molecule has 2 atom stereocenters. The first-order valence-corrected chi connectivity index (χ1v) is 24.9. The van der Waals surface area contributed by atoms with Gasteiger partial charge in [-0.05, 0) is 6.07 Å². The zero-order valence-electron chi connectivity index (χ0n) is 21.0. The fourth-order valence-electron chi connectivity index (χ4n) is 3.57. The summed E-state index contributed by atoms with van der Waals surface area (Å²) in [5.41, 5.74) is 0.753. The Labute approximate surface area is 217 Å². The van der Waals surface area contributed by atoms with Crippen molar-refractivity contribution >= 4 is 74.3 Å². The van der Waals surface area contributed by atoms with E-state index in [9.17, 15) is 9.36 Å². The van der Waals surface area contributed by atoms with Crippen LogP contribution < -0.4 is 8.90 Å². The molecule has 1 heterocycles. The Balaban J connectivity index is 0.00000199. The second-order valence-corrected chi connectivity index (χ2v) is 27.2. The molecule has 4 nitrogen and oxygen atoms in total. The normalized spacial score (nSPS) is 14.4. The van der Waals surface area contributed by atoms with Crippen LogP contribution in [0.1, 0.15) is 37.6 Å². The molecule has 0 fully saturated rings. The Bertz CT molecular complexity index is 1200. The van der Waals surface area contributed by atoms with Gasteiger partial charge in [0, 0.05) is 0 Å². The number of thiophene rings is 1. The molecule has 1 aromatic heterocycles. The SMILES string of the molecule is CC.CCOP(C)(=O)C(C(=O)N/C=C/c1cccc(Cl)c1)c1csc2cc[c]([Sn]([CH3])([CH3])[CH3])cc12. The number of nitrogens with one attached hydrogen (secondary N) is 1. The summed E-state index contributed by atoms with van der Waals surface area (Å²) in [6.07, 6.45) is 3.33. The van der Waals surface area contributed by atoms with E-state index in [1.807, 2.05) is 31.4 Å². The van der Waals surface area contributed by atoms with Gasteiger partial charge in [-0.1, -0.05) is 25.4 Å². The van der Waals surface area contributed by atoms with E-state index in [1.54, 1.807) is 49.3 Å². The second kappa shape index (κ2) is 12.7. The third-order valence-electron chi connectivity index (χ3n) is 5.22. The van der Waals surface area contributed by atoms with Crippen LogP contribution >= 0.6 is 30.3 Å². The third-order valence-corrected chi connectivity index (χ3v) is 14.5. The number of hydrogen-bond donors (Lipinski definition) is 1.